The summed E-state index contributed by atoms with van der Waals surface area (Å²) in [4.78, 5) is 41.0. The van der Waals surface area contributed by atoms with Gasteiger partial charge < -0.3 is 9.64 Å². The molecule has 1 aromatic heterocycles. The minimum absolute atomic E-state index is 0.0129. The molecule has 2 saturated heterocycles. The van der Waals surface area contributed by atoms with Crippen LogP contribution in [0.1, 0.15) is 22.5 Å². The Morgan fingerprint density at radius 2 is 2.04 bits per heavy atom. The van der Waals surface area contributed by atoms with Crippen molar-refractivity contribution in [2.45, 2.75) is 18.6 Å². The molecule has 1 aromatic rings. The fraction of sp³-hybridized carbons (Fsp3) is 0.429. The molecule has 0 radical (unpaired) electrons. The highest BCUT2D eigenvalue weighted by Crippen LogP contribution is 2.27. The van der Waals surface area contributed by atoms with Crippen LogP contribution >= 0.6 is 0 Å². The smallest absolute Gasteiger partial charge is 0.433 e. The van der Waals surface area contributed by atoms with Crippen LogP contribution in [0.3, 0.4) is 0 Å². The molecule has 7 nitrogen and oxygen atoms in total. The number of imide groups is 1. The van der Waals surface area contributed by atoms with Gasteiger partial charge >= 0.3 is 12.3 Å². The zero-order valence-electron chi connectivity index (χ0n) is 12.2. The molecule has 3 amide bonds. The molecular formula is C14H12F3N3O4. The second-order valence-electron chi connectivity index (χ2n) is 5.44. The molecular weight excluding hydrogens is 331 g/mol. The highest BCUT2D eigenvalue weighted by Gasteiger charge is 2.41. The monoisotopic (exact) mass is 343 g/mol. The Morgan fingerprint density at radius 1 is 1.29 bits per heavy atom. The molecule has 0 aliphatic carbocycles. The van der Waals surface area contributed by atoms with Crippen LogP contribution in [-0.2, 0) is 15.7 Å². The number of halogens is 3. The van der Waals surface area contributed by atoms with Crippen molar-refractivity contribution < 1.29 is 32.3 Å². The Bertz CT molecular complexity index is 674. The Hall–Kier alpha value is -2.65. The van der Waals surface area contributed by atoms with E-state index in [0.29, 0.717) is 6.42 Å². The number of amides is 3. The standard InChI is InChI=1S/C14H12F3N3O4/c15-14(16,17)10-2-1-8(5-18-10)12(22)19-4-3-9(6-19)20-11(21)7-24-13(20)23/h1-2,5,9H,3-4,6-7H2. The molecule has 2 fully saturated rings. The van der Waals surface area contributed by atoms with Crippen molar-refractivity contribution in [3.05, 3.63) is 29.6 Å². The summed E-state index contributed by atoms with van der Waals surface area (Å²) >= 11 is 0. The number of pyridine rings is 1. The van der Waals surface area contributed by atoms with Gasteiger partial charge in [-0.1, -0.05) is 0 Å². The second kappa shape index (κ2) is 5.77. The van der Waals surface area contributed by atoms with Crippen molar-refractivity contribution in [2.24, 2.45) is 0 Å². The molecule has 0 bridgehead atoms. The van der Waals surface area contributed by atoms with Crippen LogP contribution in [0.2, 0.25) is 0 Å². The summed E-state index contributed by atoms with van der Waals surface area (Å²) < 4.78 is 42.1. The molecule has 24 heavy (non-hydrogen) atoms. The molecule has 128 valence electrons. The predicted octanol–water partition coefficient (Wildman–Crippen LogP) is 1.29. The Kier molecular flexibility index (Phi) is 3.90. The average Bonchev–Trinajstić information content (AvgIpc) is 3.13. The van der Waals surface area contributed by atoms with E-state index in [2.05, 4.69) is 9.72 Å². The van der Waals surface area contributed by atoms with Gasteiger partial charge in [-0.15, -0.1) is 0 Å². The maximum Gasteiger partial charge on any atom is 0.433 e. The number of cyclic esters (lactones) is 1. The van der Waals surface area contributed by atoms with Crippen LogP contribution in [0.4, 0.5) is 18.0 Å². The number of hydrogen-bond donors (Lipinski definition) is 0. The number of hydrogen-bond acceptors (Lipinski definition) is 5. The summed E-state index contributed by atoms with van der Waals surface area (Å²) in [6, 6.07) is 1.31. The van der Waals surface area contributed by atoms with Gasteiger partial charge in [0, 0.05) is 19.3 Å². The lowest BCUT2D eigenvalue weighted by Crippen LogP contribution is -2.42. The summed E-state index contributed by atoms with van der Waals surface area (Å²) in [7, 11) is 0. The number of carbonyl (C=O) groups excluding carboxylic acids is 3. The number of alkyl halides is 3. The molecule has 2 aliphatic heterocycles. The maximum atomic E-state index is 12.5. The molecule has 2 aliphatic rings. The molecule has 0 spiro atoms. The third kappa shape index (κ3) is 2.91. The Labute approximate surface area is 134 Å². The Balaban J connectivity index is 1.68. The summed E-state index contributed by atoms with van der Waals surface area (Å²) in [6.07, 6.45) is -4.05. The number of carbonyl (C=O) groups is 3. The molecule has 10 heteroatoms. The fourth-order valence-corrected chi connectivity index (χ4v) is 2.72. The molecule has 3 heterocycles. The van der Waals surface area contributed by atoms with Gasteiger partial charge in [0.25, 0.3) is 11.8 Å². The minimum Gasteiger partial charge on any atom is -0.439 e. The lowest BCUT2D eigenvalue weighted by Gasteiger charge is -2.20. The molecule has 1 atom stereocenters. The van der Waals surface area contributed by atoms with E-state index in [1.54, 1.807) is 0 Å². The van der Waals surface area contributed by atoms with Crippen LogP contribution in [0, 0.1) is 0 Å². The third-order valence-electron chi connectivity index (χ3n) is 3.90. The molecule has 3 rings (SSSR count). The lowest BCUT2D eigenvalue weighted by atomic mass is 10.2. The van der Waals surface area contributed by atoms with E-state index in [9.17, 15) is 27.6 Å². The highest BCUT2D eigenvalue weighted by atomic mass is 19.4. The van der Waals surface area contributed by atoms with E-state index in [1.807, 2.05) is 0 Å². The first kappa shape index (κ1) is 16.2. The van der Waals surface area contributed by atoms with Gasteiger partial charge in [0.15, 0.2) is 6.61 Å². The second-order valence-corrected chi connectivity index (χ2v) is 5.44. The van der Waals surface area contributed by atoms with Crippen molar-refractivity contribution >= 4 is 17.9 Å². The number of nitrogens with zero attached hydrogens (tertiary/aromatic N) is 3. The molecule has 0 N–H and O–H groups in total. The highest BCUT2D eigenvalue weighted by molar-refractivity contribution is 5.98. The van der Waals surface area contributed by atoms with E-state index >= 15 is 0 Å². The number of ether oxygens (including phenoxy) is 1. The van der Waals surface area contributed by atoms with Gasteiger partial charge in [0.1, 0.15) is 5.69 Å². The van der Waals surface area contributed by atoms with Crippen molar-refractivity contribution in [1.29, 1.82) is 0 Å². The topological polar surface area (TPSA) is 79.8 Å². The predicted molar refractivity (Wildman–Crippen MR) is 71.7 cm³/mol. The van der Waals surface area contributed by atoms with Gasteiger partial charge in [-0.2, -0.15) is 13.2 Å². The van der Waals surface area contributed by atoms with E-state index in [1.165, 1.54) is 4.90 Å². The lowest BCUT2D eigenvalue weighted by molar-refractivity contribution is -0.141. The van der Waals surface area contributed by atoms with E-state index in [-0.39, 0.29) is 25.3 Å². The van der Waals surface area contributed by atoms with Crippen molar-refractivity contribution in [2.75, 3.05) is 19.7 Å². The first-order valence-corrected chi connectivity index (χ1v) is 7.08. The summed E-state index contributed by atoms with van der Waals surface area (Å²) in [6.45, 7) is 0.0778. The normalized spacial score (nSPS) is 21.4. The first-order valence-electron chi connectivity index (χ1n) is 7.08. The largest absolute Gasteiger partial charge is 0.439 e. The Morgan fingerprint density at radius 3 is 2.58 bits per heavy atom. The van der Waals surface area contributed by atoms with E-state index in [0.717, 1.165) is 23.2 Å². The summed E-state index contributed by atoms with van der Waals surface area (Å²) in [5, 5.41) is 0. The number of rotatable bonds is 2. The first-order chi connectivity index (χ1) is 11.3. The van der Waals surface area contributed by atoms with Crippen LogP contribution in [0.5, 0.6) is 0 Å². The van der Waals surface area contributed by atoms with Gasteiger partial charge in [0.05, 0.1) is 11.6 Å². The fourth-order valence-electron chi connectivity index (χ4n) is 2.72. The van der Waals surface area contributed by atoms with Gasteiger partial charge in [0.2, 0.25) is 0 Å². The maximum absolute atomic E-state index is 12.5. The van der Waals surface area contributed by atoms with E-state index < -0.39 is 35.8 Å². The van der Waals surface area contributed by atoms with Crippen LogP contribution in [0.15, 0.2) is 18.3 Å². The van der Waals surface area contributed by atoms with Gasteiger partial charge in [-0.25, -0.2) is 9.69 Å². The van der Waals surface area contributed by atoms with Crippen LogP contribution < -0.4 is 0 Å². The van der Waals surface area contributed by atoms with Gasteiger partial charge in [-0.3, -0.25) is 14.6 Å². The SMILES string of the molecule is O=C(c1ccc(C(F)(F)F)nc1)N1CCC(N2C(=O)COC2=O)C1. The number of aromatic nitrogens is 1. The van der Waals surface area contributed by atoms with E-state index in [4.69, 9.17) is 0 Å². The van der Waals surface area contributed by atoms with Crippen LogP contribution in [-0.4, -0.2) is 58.4 Å². The molecule has 0 aromatic carbocycles. The molecule has 0 saturated carbocycles. The number of likely N-dealkylation sites (tertiary alicyclic amines) is 1. The average molecular weight is 343 g/mol. The van der Waals surface area contributed by atoms with Crippen molar-refractivity contribution in [3.63, 3.8) is 0 Å². The van der Waals surface area contributed by atoms with Crippen molar-refractivity contribution in [1.82, 2.24) is 14.8 Å². The van der Waals surface area contributed by atoms with Crippen LogP contribution in [0.25, 0.3) is 0 Å². The van der Waals surface area contributed by atoms with Gasteiger partial charge in [-0.05, 0) is 18.6 Å². The quantitative estimate of drug-likeness (QED) is 0.809. The summed E-state index contributed by atoms with van der Waals surface area (Å²) in [5.41, 5.74) is -1.07. The molecule has 1 unspecified atom stereocenters. The third-order valence-corrected chi connectivity index (χ3v) is 3.90. The minimum atomic E-state index is -4.57. The zero-order chi connectivity index (χ0) is 17.5. The zero-order valence-corrected chi connectivity index (χ0v) is 12.2. The summed E-state index contributed by atoms with van der Waals surface area (Å²) in [5.74, 6) is -0.964. The van der Waals surface area contributed by atoms with Crippen molar-refractivity contribution in [3.8, 4) is 0 Å².